The van der Waals surface area contributed by atoms with Crippen LogP contribution in [0.1, 0.15) is 20.3 Å². The molecule has 0 atom stereocenters. The third-order valence-corrected chi connectivity index (χ3v) is 2.08. The lowest BCUT2D eigenvalue weighted by Gasteiger charge is -1.60. The molecule has 0 fully saturated rings. The van der Waals surface area contributed by atoms with Crippen LogP contribution >= 0.6 is 0 Å². The Balaban J connectivity index is 4.47. The van der Waals surface area contributed by atoms with Crippen molar-refractivity contribution in [2.75, 3.05) is 0 Å². The summed E-state index contributed by atoms with van der Waals surface area (Å²) >= 11 is 0. The van der Waals surface area contributed by atoms with E-state index in [2.05, 4.69) is 178 Å². The highest BCUT2D eigenvalue weighted by Gasteiger charge is 1.60. The quantitative estimate of drug-likeness (QED) is 0.537. The first-order valence-corrected chi connectivity index (χ1v) is 8.81. The Morgan fingerprint density at radius 1 is 0.273 bits per heavy atom. The van der Waals surface area contributed by atoms with Gasteiger partial charge in [0.1, 0.15) is 0 Å². The van der Waals surface area contributed by atoms with E-state index in [0.717, 1.165) is 6.42 Å². The Labute approximate surface area is 197 Å². The molecule has 0 aliphatic carbocycles. The third kappa shape index (κ3) is 25.4. The smallest absolute Gasteiger partial charge is 0.00704 e. The fraction of sp³-hybridized carbons (Fsp3) is 0.0909. The lowest BCUT2D eigenvalue weighted by atomic mass is 10.4. The Morgan fingerprint density at radius 3 is 0.636 bits per heavy atom. The van der Waals surface area contributed by atoms with Gasteiger partial charge in [0, 0.05) is 77.5 Å². The average Bonchev–Trinajstić information content (AvgIpc) is 2.83. The maximum Gasteiger partial charge on any atom is 0.00704 e. The summed E-state index contributed by atoms with van der Waals surface area (Å²) in [5.41, 5.74) is 0. The van der Waals surface area contributed by atoms with Gasteiger partial charge in [0.05, 0.1) is 0 Å². The zero-order chi connectivity index (χ0) is 23.9. The van der Waals surface area contributed by atoms with E-state index in [0.29, 0.717) is 0 Å². The summed E-state index contributed by atoms with van der Waals surface area (Å²) < 4.78 is 0. The van der Waals surface area contributed by atoms with Gasteiger partial charge in [0.15, 0.2) is 0 Å². The molecule has 0 aliphatic heterocycles. The first kappa shape index (κ1) is 26.4. The van der Waals surface area contributed by atoms with Crippen molar-refractivity contribution in [2.24, 2.45) is 0 Å². The molecule has 0 heterocycles. The number of hydrogen-bond acceptors (Lipinski definition) is 0. The molecule has 33 heavy (non-hydrogen) atoms. The maximum absolute atomic E-state index is 2.81. The zero-order valence-electron chi connectivity index (χ0n) is 17.7. The van der Waals surface area contributed by atoms with E-state index in [1.54, 1.807) is 6.92 Å². The summed E-state index contributed by atoms with van der Waals surface area (Å²) in [5, 5.41) is 0. The fourth-order valence-electron chi connectivity index (χ4n) is 1.01. The molecule has 0 radical (unpaired) electrons. The lowest BCUT2D eigenvalue weighted by Crippen LogP contribution is -1.57. The molecular formula is C33H8. The molecule has 0 bridgehead atoms. The molecule has 0 aromatic rings. The van der Waals surface area contributed by atoms with Crippen molar-refractivity contribution in [3.05, 3.63) is 0 Å². The van der Waals surface area contributed by atoms with Crippen LogP contribution in [-0.2, 0) is 0 Å². The van der Waals surface area contributed by atoms with Crippen molar-refractivity contribution in [3.63, 3.8) is 0 Å². The van der Waals surface area contributed by atoms with Gasteiger partial charge in [-0.2, -0.15) is 0 Å². The van der Waals surface area contributed by atoms with Crippen LogP contribution in [0.25, 0.3) is 0 Å². The van der Waals surface area contributed by atoms with E-state index in [4.69, 9.17) is 0 Å². The van der Waals surface area contributed by atoms with Crippen LogP contribution in [0.5, 0.6) is 0 Å². The predicted molar refractivity (Wildman–Crippen MR) is 133 cm³/mol. The molecule has 0 aromatic heterocycles. The van der Waals surface area contributed by atoms with Crippen LogP contribution in [0, 0.1) is 178 Å². The van der Waals surface area contributed by atoms with E-state index in [-0.39, 0.29) is 0 Å². The molecule has 0 amide bonds. The van der Waals surface area contributed by atoms with Gasteiger partial charge in [0.2, 0.25) is 0 Å². The summed E-state index contributed by atoms with van der Waals surface area (Å²) in [6.07, 6.45) is 0.761. The molecule has 0 unspecified atom stereocenters. The first-order valence-electron chi connectivity index (χ1n) is 8.81. The second-order valence-electron chi connectivity index (χ2n) is 4.28. The largest absolute Gasteiger partial charge is 0.0925 e. The van der Waals surface area contributed by atoms with Gasteiger partial charge in [-0.15, -0.1) is 0 Å². The minimum absolute atomic E-state index is 0.761. The zero-order valence-corrected chi connectivity index (χ0v) is 17.7. The standard InChI is InChI=1S/C33H8/c1-3-5-7-9-11-13-15-17-19-21-23-25-27-29-31-33-32-30-28-26-24-22-20-18-16-14-12-10-8-6-4-2/h3H2,1-2H3. The van der Waals surface area contributed by atoms with Crippen molar-refractivity contribution < 1.29 is 0 Å². The first-order chi connectivity index (χ1) is 16.4. The molecule has 0 spiro atoms. The molecule has 0 N–H and O–H groups in total. The highest BCUT2D eigenvalue weighted by Crippen LogP contribution is 1.64. The molecule has 0 aromatic carbocycles. The fourth-order valence-corrected chi connectivity index (χ4v) is 1.01. The molecule has 140 valence electrons. The van der Waals surface area contributed by atoms with Crippen LogP contribution in [0.2, 0.25) is 0 Å². The molecule has 0 nitrogen and oxygen atoms in total. The Morgan fingerprint density at radius 2 is 0.455 bits per heavy atom. The van der Waals surface area contributed by atoms with E-state index < -0.39 is 0 Å². The van der Waals surface area contributed by atoms with Gasteiger partial charge in [-0.05, 0) is 102 Å². The van der Waals surface area contributed by atoms with Gasteiger partial charge in [-0.3, -0.25) is 0 Å². The van der Waals surface area contributed by atoms with Crippen LogP contribution in [-0.4, -0.2) is 0 Å². The molecule has 0 rings (SSSR count). The van der Waals surface area contributed by atoms with Crippen molar-refractivity contribution in [1.82, 2.24) is 0 Å². The molecule has 0 aliphatic rings. The second-order valence-corrected chi connectivity index (χ2v) is 4.28. The van der Waals surface area contributed by atoms with Crippen LogP contribution in [0.3, 0.4) is 0 Å². The molecule has 0 heteroatoms. The normalized spacial score (nSPS) is 4.18. The number of hydrogen-bond donors (Lipinski definition) is 0. The molecule has 0 saturated heterocycles. The van der Waals surface area contributed by atoms with E-state index in [1.807, 2.05) is 6.92 Å². The third-order valence-electron chi connectivity index (χ3n) is 2.08. The predicted octanol–water partition coefficient (Wildman–Crippen LogP) is 1.47. The summed E-state index contributed by atoms with van der Waals surface area (Å²) in [5.74, 6) is 76.1. The highest BCUT2D eigenvalue weighted by atomic mass is 13.6. The van der Waals surface area contributed by atoms with Gasteiger partial charge < -0.3 is 0 Å². The molecule has 0 saturated carbocycles. The van der Waals surface area contributed by atoms with E-state index in [9.17, 15) is 0 Å². The minimum Gasteiger partial charge on any atom is -0.0925 e. The Bertz CT molecular complexity index is 1710. The Hall–Kier alpha value is -6.60. The van der Waals surface area contributed by atoms with Crippen molar-refractivity contribution in [1.29, 1.82) is 0 Å². The topological polar surface area (TPSA) is 0 Å². The summed E-state index contributed by atoms with van der Waals surface area (Å²) in [4.78, 5) is 0. The average molecular weight is 404 g/mol. The van der Waals surface area contributed by atoms with Gasteiger partial charge in [-0.1, -0.05) is 18.8 Å². The van der Waals surface area contributed by atoms with Crippen LogP contribution in [0.4, 0.5) is 0 Å². The second kappa shape index (κ2) is 25.4. The minimum atomic E-state index is 0.761. The summed E-state index contributed by atoms with van der Waals surface area (Å²) in [7, 11) is 0. The van der Waals surface area contributed by atoms with E-state index in [1.165, 1.54) is 0 Å². The SMILES string of the molecule is CC#CC#CC#CC#CC#CC#CC#CC#CC#CC#CC#CC#CC#CC#CC#CCC. The summed E-state index contributed by atoms with van der Waals surface area (Å²) in [6, 6.07) is 0. The monoisotopic (exact) mass is 404 g/mol. The maximum atomic E-state index is 2.81. The lowest BCUT2D eigenvalue weighted by molar-refractivity contribution is 1.28. The van der Waals surface area contributed by atoms with Gasteiger partial charge in [0.25, 0.3) is 0 Å². The number of rotatable bonds is 0. The van der Waals surface area contributed by atoms with Crippen molar-refractivity contribution >= 4 is 0 Å². The summed E-state index contributed by atoms with van der Waals surface area (Å²) in [6.45, 7) is 3.64. The van der Waals surface area contributed by atoms with Crippen molar-refractivity contribution in [3.8, 4) is 178 Å². The van der Waals surface area contributed by atoms with Crippen LogP contribution in [0.15, 0.2) is 0 Å². The Kier molecular flexibility index (Phi) is 20.3. The van der Waals surface area contributed by atoms with Gasteiger partial charge >= 0.3 is 0 Å². The van der Waals surface area contributed by atoms with Crippen molar-refractivity contribution in [2.45, 2.75) is 20.3 Å². The van der Waals surface area contributed by atoms with Gasteiger partial charge in [-0.25, -0.2) is 0 Å². The molecular weight excluding hydrogens is 396 g/mol. The van der Waals surface area contributed by atoms with E-state index >= 15 is 0 Å². The highest BCUT2D eigenvalue weighted by molar-refractivity contribution is 5.48. The van der Waals surface area contributed by atoms with Crippen LogP contribution < -0.4 is 0 Å².